The van der Waals surface area contributed by atoms with Crippen LogP contribution in [-0.4, -0.2) is 27.2 Å². The van der Waals surface area contributed by atoms with Crippen LogP contribution in [0.4, 0.5) is 0 Å². The monoisotopic (exact) mass is 275 g/mol. The van der Waals surface area contributed by atoms with Crippen LogP contribution in [0.3, 0.4) is 0 Å². The molecule has 0 aliphatic heterocycles. The molecule has 0 saturated heterocycles. The third kappa shape index (κ3) is 3.35. The number of nitrogens with zero attached hydrogens (tertiary/aromatic N) is 4. The second kappa shape index (κ2) is 6.51. The number of carbonyl (C=O) groups is 1. The van der Waals surface area contributed by atoms with E-state index >= 15 is 0 Å². The smallest absolute Gasteiger partial charge is 0.240 e. The van der Waals surface area contributed by atoms with Gasteiger partial charge in [-0.3, -0.25) is 9.48 Å². The van der Waals surface area contributed by atoms with Crippen LogP contribution >= 0.6 is 0 Å². The second-order valence-electron chi connectivity index (χ2n) is 5.45. The molecule has 0 spiro atoms. The van der Waals surface area contributed by atoms with E-state index < -0.39 is 5.41 Å². The lowest BCUT2D eigenvalue weighted by Gasteiger charge is -2.23. The largest absolute Gasteiger partial charge is 0.354 e. The molecule has 6 nitrogen and oxygen atoms in total. The molecule has 1 aliphatic rings. The highest BCUT2D eigenvalue weighted by Crippen LogP contribution is 2.34. The predicted octanol–water partition coefficient (Wildman–Crippen LogP) is 1.34. The Morgan fingerprint density at radius 1 is 1.45 bits per heavy atom. The van der Waals surface area contributed by atoms with E-state index in [1.165, 1.54) is 0 Å². The van der Waals surface area contributed by atoms with Crippen molar-refractivity contribution in [3.8, 4) is 6.07 Å². The summed E-state index contributed by atoms with van der Waals surface area (Å²) in [5.74, 6) is 0.581. The highest BCUT2D eigenvalue weighted by atomic mass is 16.2. The van der Waals surface area contributed by atoms with Crippen molar-refractivity contribution in [2.45, 2.75) is 44.9 Å². The van der Waals surface area contributed by atoms with Crippen LogP contribution in [-0.2, 0) is 18.3 Å². The summed E-state index contributed by atoms with van der Waals surface area (Å²) in [5.41, 5.74) is -0.825. The average molecular weight is 275 g/mol. The van der Waals surface area contributed by atoms with Crippen LogP contribution in [0.15, 0.2) is 6.33 Å². The summed E-state index contributed by atoms with van der Waals surface area (Å²) in [4.78, 5) is 16.4. The molecular formula is C14H21N5O. The molecule has 0 atom stereocenters. The van der Waals surface area contributed by atoms with Gasteiger partial charge in [-0.05, 0) is 12.8 Å². The minimum atomic E-state index is -0.825. The zero-order chi connectivity index (χ0) is 14.4. The molecule has 1 amide bonds. The molecule has 1 saturated carbocycles. The van der Waals surface area contributed by atoms with Crippen LogP contribution in [0, 0.1) is 16.7 Å². The Kier molecular flexibility index (Phi) is 4.72. The Bertz CT molecular complexity index is 494. The third-order valence-corrected chi connectivity index (χ3v) is 3.89. The molecule has 1 aliphatic carbocycles. The molecule has 0 aromatic carbocycles. The van der Waals surface area contributed by atoms with Crippen LogP contribution in [0.2, 0.25) is 0 Å². The number of rotatable bonds is 4. The number of nitriles is 1. The van der Waals surface area contributed by atoms with Gasteiger partial charge in [-0.15, -0.1) is 0 Å². The van der Waals surface area contributed by atoms with Crippen molar-refractivity contribution in [1.82, 2.24) is 20.1 Å². The fourth-order valence-electron chi connectivity index (χ4n) is 2.68. The highest BCUT2D eigenvalue weighted by Gasteiger charge is 2.38. The van der Waals surface area contributed by atoms with Gasteiger partial charge in [0.25, 0.3) is 0 Å². The lowest BCUT2D eigenvalue weighted by Crippen LogP contribution is -2.40. The number of carbonyl (C=O) groups excluding carboxylic acids is 1. The number of nitrogens with one attached hydrogen (secondary N) is 1. The third-order valence-electron chi connectivity index (χ3n) is 3.89. The Morgan fingerprint density at radius 3 is 2.70 bits per heavy atom. The van der Waals surface area contributed by atoms with Crippen molar-refractivity contribution >= 4 is 5.91 Å². The van der Waals surface area contributed by atoms with Gasteiger partial charge in [-0.1, -0.05) is 25.7 Å². The molecule has 2 rings (SSSR count). The topological polar surface area (TPSA) is 83.6 Å². The van der Waals surface area contributed by atoms with Crippen LogP contribution in [0.25, 0.3) is 0 Å². The Morgan fingerprint density at radius 2 is 2.15 bits per heavy atom. The Hall–Kier alpha value is -1.90. The first-order valence-electron chi connectivity index (χ1n) is 7.20. The lowest BCUT2D eigenvalue weighted by molar-refractivity contribution is -0.128. The normalized spacial score (nSPS) is 18.0. The lowest BCUT2D eigenvalue weighted by atomic mass is 9.81. The Balaban J connectivity index is 1.87. The maximum atomic E-state index is 12.3. The number of amides is 1. The van der Waals surface area contributed by atoms with Crippen molar-refractivity contribution in [3.63, 3.8) is 0 Å². The fourth-order valence-corrected chi connectivity index (χ4v) is 2.68. The molecular weight excluding hydrogens is 254 g/mol. The summed E-state index contributed by atoms with van der Waals surface area (Å²) >= 11 is 0. The van der Waals surface area contributed by atoms with Gasteiger partial charge in [0.05, 0.1) is 6.07 Å². The molecule has 1 fully saturated rings. The van der Waals surface area contributed by atoms with Gasteiger partial charge in [0.15, 0.2) is 5.82 Å². The van der Waals surface area contributed by atoms with E-state index in [9.17, 15) is 10.1 Å². The van der Waals surface area contributed by atoms with Crippen molar-refractivity contribution in [1.29, 1.82) is 5.26 Å². The van der Waals surface area contributed by atoms with Gasteiger partial charge in [0.2, 0.25) is 5.91 Å². The summed E-state index contributed by atoms with van der Waals surface area (Å²) in [6.07, 6.45) is 7.75. The number of aryl methyl sites for hydroxylation is 1. The fraction of sp³-hybridized carbons (Fsp3) is 0.714. The molecule has 108 valence electrons. The maximum absolute atomic E-state index is 12.3. The summed E-state index contributed by atoms with van der Waals surface area (Å²) < 4.78 is 1.64. The molecule has 1 N–H and O–H groups in total. The van der Waals surface area contributed by atoms with Crippen molar-refractivity contribution < 1.29 is 4.79 Å². The molecule has 6 heteroatoms. The molecule has 0 bridgehead atoms. The molecule has 0 radical (unpaired) electrons. The average Bonchev–Trinajstić information content (AvgIpc) is 2.73. The van der Waals surface area contributed by atoms with E-state index in [4.69, 9.17) is 0 Å². The van der Waals surface area contributed by atoms with Gasteiger partial charge in [-0.25, -0.2) is 4.98 Å². The first-order chi connectivity index (χ1) is 9.66. The standard InChI is InChI=1S/C14H21N5O/c1-19-11-17-12(18-19)6-9-16-13(20)14(10-15)7-4-2-3-5-8-14/h11H,2-9H2,1H3,(H,16,20). The van der Waals surface area contributed by atoms with Gasteiger partial charge < -0.3 is 5.32 Å². The summed E-state index contributed by atoms with van der Waals surface area (Å²) in [6.45, 7) is 0.478. The van der Waals surface area contributed by atoms with E-state index in [-0.39, 0.29) is 5.91 Å². The van der Waals surface area contributed by atoms with Crippen LogP contribution < -0.4 is 5.32 Å². The summed E-state index contributed by atoms with van der Waals surface area (Å²) in [6, 6.07) is 2.26. The summed E-state index contributed by atoms with van der Waals surface area (Å²) in [5, 5.41) is 16.5. The zero-order valence-corrected chi connectivity index (χ0v) is 11.9. The molecule has 1 aromatic rings. The van der Waals surface area contributed by atoms with Gasteiger partial charge >= 0.3 is 0 Å². The van der Waals surface area contributed by atoms with E-state index in [1.54, 1.807) is 11.0 Å². The number of hydrogen-bond donors (Lipinski definition) is 1. The first-order valence-corrected chi connectivity index (χ1v) is 7.20. The maximum Gasteiger partial charge on any atom is 0.240 e. The minimum Gasteiger partial charge on any atom is -0.354 e. The molecule has 20 heavy (non-hydrogen) atoms. The first kappa shape index (κ1) is 14.5. The quantitative estimate of drug-likeness (QED) is 0.840. The van der Waals surface area contributed by atoms with E-state index in [0.29, 0.717) is 31.6 Å². The predicted molar refractivity (Wildman–Crippen MR) is 73.5 cm³/mol. The zero-order valence-electron chi connectivity index (χ0n) is 11.9. The van der Waals surface area contributed by atoms with Crippen molar-refractivity contribution in [2.75, 3.05) is 6.54 Å². The molecule has 1 aromatic heterocycles. The Labute approximate surface area is 119 Å². The van der Waals surface area contributed by atoms with Crippen LogP contribution in [0.1, 0.15) is 44.3 Å². The van der Waals surface area contributed by atoms with E-state index in [2.05, 4.69) is 21.5 Å². The SMILES string of the molecule is Cn1cnc(CCNC(=O)C2(C#N)CCCCCC2)n1. The molecule has 1 heterocycles. The van der Waals surface area contributed by atoms with E-state index in [0.717, 1.165) is 25.7 Å². The molecule has 0 unspecified atom stereocenters. The van der Waals surface area contributed by atoms with Crippen molar-refractivity contribution in [3.05, 3.63) is 12.2 Å². The number of hydrogen-bond acceptors (Lipinski definition) is 4. The van der Waals surface area contributed by atoms with Crippen molar-refractivity contribution in [2.24, 2.45) is 12.5 Å². The van der Waals surface area contributed by atoms with Gasteiger partial charge in [0, 0.05) is 20.0 Å². The van der Waals surface area contributed by atoms with Gasteiger partial charge in [0.1, 0.15) is 11.7 Å². The minimum absolute atomic E-state index is 0.127. The van der Waals surface area contributed by atoms with Crippen LogP contribution in [0.5, 0.6) is 0 Å². The van der Waals surface area contributed by atoms with Gasteiger partial charge in [-0.2, -0.15) is 10.4 Å². The second-order valence-corrected chi connectivity index (χ2v) is 5.45. The van der Waals surface area contributed by atoms with E-state index in [1.807, 2.05) is 7.05 Å². The summed E-state index contributed by atoms with van der Waals surface area (Å²) in [7, 11) is 1.81. The number of aromatic nitrogens is 3. The highest BCUT2D eigenvalue weighted by molar-refractivity contribution is 5.85.